The van der Waals surface area contributed by atoms with Gasteiger partial charge in [0.05, 0.1) is 11.0 Å². The Morgan fingerprint density at radius 1 is 1.27 bits per heavy atom. The molecule has 0 aliphatic carbocycles. The van der Waals surface area contributed by atoms with Crippen LogP contribution in [0.4, 0.5) is 4.39 Å². The minimum absolute atomic E-state index is 0.0616. The highest BCUT2D eigenvalue weighted by molar-refractivity contribution is 7.92. The van der Waals surface area contributed by atoms with Gasteiger partial charge in [0.1, 0.15) is 6.67 Å². The molecule has 0 aromatic heterocycles. The van der Waals surface area contributed by atoms with Crippen LogP contribution < -0.4 is 0 Å². The fourth-order valence-electron chi connectivity index (χ4n) is 0.708. The molecule has 0 aromatic carbocycles. The molecule has 0 aromatic rings. The summed E-state index contributed by atoms with van der Waals surface area (Å²) in [4.78, 5) is 0. The van der Waals surface area contributed by atoms with Gasteiger partial charge in [0.2, 0.25) is 0 Å². The second-order valence-electron chi connectivity index (χ2n) is 3.01. The van der Waals surface area contributed by atoms with Crippen LogP contribution in [-0.4, -0.2) is 26.1 Å². The zero-order valence-electron chi connectivity index (χ0n) is 7.17. The van der Waals surface area contributed by atoms with E-state index in [0.717, 1.165) is 0 Å². The summed E-state index contributed by atoms with van der Waals surface area (Å²) in [6.45, 7) is 4.48. The van der Waals surface area contributed by atoms with E-state index in [9.17, 15) is 12.8 Å². The quantitative estimate of drug-likeness (QED) is 0.659. The van der Waals surface area contributed by atoms with Gasteiger partial charge in [0, 0.05) is 0 Å². The van der Waals surface area contributed by atoms with E-state index in [0.29, 0.717) is 0 Å². The third kappa shape index (κ3) is 3.18. The maximum absolute atomic E-state index is 11.7. The molecule has 0 radical (unpaired) electrons. The maximum Gasteiger partial charge on any atom is 0.155 e. The van der Waals surface area contributed by atoms with Crippen molar-refractivity contribution in [3.05, 3.63) is 0 Å². The summed E-state index contributed by atoms with van der Waals surface area (Å²) in [7, 11) is -3.18. The third-order valence-corrected chi connectivity index (χ3v) is 4.27. The van der Waals surface area contributed by atoms with Crippen LogP contribution in [0, 0.1) is 5.92 Å². The standard InChI is InChI=1S/C7H15FO2S/c1-6(2)7(3)11(9,10)5-4-8/h6-7H,4-5H2,1-3H3. The molecule has 0 aliphatic heterocycles. The zero-order valence-corrected chi connectivity index (χ0v) is 7.99. The van der Waals surface area contributed by atoms with Crippen molar-refractivity contribution in [2.24, 2.45) is 5.92 Å². The molecule has 0 spiro atoms. The van der Waals surface area contributed by atoms with E-state index in [1.165, 1.54) is 0 Å². The molecule has 1 unspecified atom stereocenters. The van der Waals surface area contributed by atoms with Gasteiger partial charge in [-0.2, -0.15) is 0 Å². The van der Waals surface area contributed by atoms with Gasteiger partial charge in [-0.3, -0.25) is 0 Å². The number of halogens is 1. The highest BCUT2D eigenvalue weighted by Crippen LogP contribution is 2.11. The number of hydrogen-bond donors (Lipinski definition) is 0. The van der Waals surface area contributed by atoms with Gasteiger partial charge >= 0.3 is 0 Å². The first-order valence-electron chi connectivity index (χ1n) is 3.69. The minimum atomic E-state index is -3.18. The van der Waals surface area contributed by atoms with Gasteiger partial charge in [-0.05, 0) is 12.8 Å². The molecule has 4 heteroatoms. The second-order valence-corrected chi connectivity index (χ2v) is 5.48. The Labute approximate surface area is 67.7 Å². The maximum atomic E-state index is 11.7. The van der Waals surface area contributed by atoms with Crippen LogP contribution >= 0.6 is 0 Å². The Morgan fingerprint density at radius 2 is 1.73 bits per heavy atom. The second kappa shape index (κ2) is 4.04. The van der Waals surface area contributed by atoms with Gasteiger partial charge < -0.3 is 0 Å². The van der Waals surface area contributed by atoms with Crippen molar-refractivity contribution >= 4 is 9.84 Å². The Hall–Kier alpha value is -0.120. The molecule has 1 atom stereocenters. The Bertz CT molecular complexity index is 196. The van der Waals surface area contributed by atoms with Crippen LogP contribution in [0.25, 0.3) is 0 Å². The van der Waals surface area contributed by atoms with Gasteiger partial charge in [-0.1, -0.05) is 13.8 Å². The van der Waals surface area contributed by atoms with Gasteiger partial charge in [0.15, 0.2) is 9.84 Å². The molecule has 0 fully saturated rings. The van der Waals surface area contributed by atoms with Crippen LogP contribution in [0.3, 0.4) is 0 Å². The van der Waals surface area contributed by atoms with Crippen molar-refractivity contribution in [1.29, 1.82) is 0 Å². The molecule has 0 saturated carbocycles. The van der Waals surface area contributed by atoms with Gasteiger partial charge in [-0.25, -0.2) is 12.8 Å². The average molecular weight is 182 g/mol. The molecule has 0 rings (SSSR count). The SMILES string of the molecule is CC(C)C(C)S(=O)(=O)CCF. The third-order valence-electron chi connectivity index (χ3n) is 1.87. The Morgan fingerprint density at radius 3 is 2.00 bits per heavy atom. The van der Waals surface area contributed by atoms with E-state index in [-0.39, 0.29) is 11.7 Å². The van der Waals surface area contributed by atoms with Crippen molar-refractivity contribution in [3.8, 4) is 0 Å². The molecule has 0 heterocycles. The number of hydrogen-bond acceptors (Lipinski definition) is 2. The molecule has 0 saturated heterocycles. The molecule has 0 aliphatic rings. The first kappa shape index (κ1) is 10.9. The van der Waals surface area contributed by atoms with Crippen molar-refractivity contribution < 1.29 is 12.8 Å². The highest BCUT2D eigenvalue weighted by Gasteiger charge is 2.22. The first-order chi connectivity index (χ1) is 4.91. The van der Waals surface area contributed by atoms with Crippen molar-refractivity contribution in [2.45, 2.75) is 26.0 Å². The summed E-state index contributed by atoms with van der Waals surface area (Å²) >= 11 is 0. The van der Waals surface area contributed by atoms with Crippen LogP contribution in [0.2, 0.25) is 0 Å². The van der Waals surface area contributed by atoms with Crippen LogP contribution in [-0.2, 0) is 9.84 Å². The summed E-state index contributed by atoms with van der Waals surface area (Å²) in [5.41, 5.74) is 0. The van der Waals surface area contributed by atoms with E-state index in [4.69, 9.17) is 0 Å². The lowest BCUT2D eigenvalue weighted by Crippen LogP contribution is -2.26. The lowest BCUT2D eigenvalue weighted by atomic mass is 10.2. The molecule has 0 N–H and O–H groups in total. The smallest absolute Gasteiger partial charge is 0.155 e. The molecule has 2 nitrogen and oxygen atoms in total. The van der Waals surface area contributed by atoms with Crippen molar-refractivity contribution in [1.82, 2.24) is 0 Å². The summed E-state index contributed by atoms with van der Waals surface area (Å²) in [5, 5.41) is -0.432. The lowest BCUT2D eigenvalue weighted by molar-refractivity contribution is 0.504. The van der Waals surface area contributed by atoms with Crippen molar-refractivity contribution in [3.63, 3.8) is 0 Å². The predicted molar refractivity (Wildman–Crippen MR) is 44.1 cm³/mol. The summed E-state index contributed by atoms with van der Waals surface area (Å²) < 4.78 is 34.0. The summed E-state index contributed by atoms with van der Waals surface area (Å²) in [6.07, 6.45) is 0. The topological polar surface area (TPSA) is 34.1 Å². The average Bonchev–Trinajstić information content (AvgIpc) is 1.86. The molecule has 68 valence electrons. The predicted octanol–water partition coefficient (Wildman–Crippen LogP) is 1.42. The Kier molecular flexibility index (Phi) is 4.00. The molecular formula is C7H15FO2S. The van der Waals surface area contributed by atoms with E-state index in [1.54, 1.807) is 6.92 Å². The Balaban J connectivity index is 4.31. The lowest BCUT2D eigenvalue weighted by Gasteiger charge is -2.14. The molecular weight excluding hydrogens is 167 g/mol. The van der Waals surface area contributed by atoms with Crippen LogP contribution in [0.5, 0.6) is 0 Å². The summed E-state index contributed by atoms with van der Waals surface area (Å²) in [5.74, 6) is -0.279. The normalized spacial score (nSPS) is 15.4. The number of alkyl halides is 1. The number of sulfone groups is 1. The minimum Gasteiger partial charge on any atom is -0.250 e. The molecule has 0 bridgehead atoms. The van der Waals surface area contributed by atoms with E-state index in [2.05, 4.69) is 0 Å². The largest absolute Gasteiger partial charge is 0.250 e. The van der Waals surface area contributed by atoms with Crippen LogP contribution in [0.1, 0.15) is 20.8 Å². The molecule has 0 amide bonds. The van der Waals surface area contributed by atoms with Crippen molar-refractivity contribution in [2.75, 3.05) is 12.4 Å². The van der Waals surface area contributed by atoms with E-state index in [1.807, 2.05) is 13.8 Å². The molecule has 11 heavy (non-hydrogen) atoms. The zero-order chi connectivity index (χ0) is 9.07. The fourth-order valence-corrected chi connectivity index (χ4v) is 2.12. The summed E-state index contributed by atoms with van der Waals surface area (Å²) in [6, 6.07) is 0. The highest BCUT2D eigenvalue weighted by atomic mass is 32.2. The van der Waals surface area contributed by atoms with E-state index >= 15 is 0 Å². The first-order valence-corrected chi connectivity index (χ1v) is 5.41. The van der Waals surface area contributed by atoms with E-state index < -0.39 is 21.8 Å². The van der Waals surface area contributed by atoms with Gasteiger partial charge in [-0.15, -0.1) is 0 Å². The monoisotopic (exact) mass is 182 g/mol. The van der Waals surface area contributed by atoms with Crippen LogP contribution in [0.15, 0.2) is 0 Å². The number of rotatable bonds is 4. The fraction of sp³-hybridized carbons (Fsp3) is 1.00. The van der Waals surface area contributed by atoms with Gasteiger partial charge in [0.25, 0.3) is 0 Å².